The van der Waals surface area contributed by atoms with Gasteiger partial charge in [-0.1, -0.05) is 29.0 Å². The lowest BCUT2D eigenvalue weighted by Gasteiger charge is -2.40. The molecule has 0 amide bonds. The van der Waals surface area contributed by atoms with Crippen LogP contribution >= 0.6 is 22.6 Å². The second-order valence-electron chi connectivity index (χ2n) is 5.03. The first-order valence-electron chi connectivity index (χ1n) is 6.24. The second kappa shape index (κ2) is 7.64. The van der Waals surface area contributed by atoms with Gasteiger partial charge in [-0.3, -0.25) is 0 Å². The molecule has 0 bridgehead atoms. The van der Waals surface area contributed by atoms with Crippen molar-refractivity contribution in [1.29, 1.82) is 0 Å². The van der Waals surface area contributed by atoms with E-state index >= 15 is 0 Å². The van der Waals surface area contributed by atoms with E-state index in [1.165, 1.54) is 0 Å². The molecular weight excluding hydrogens is 487 g/mol. The largest absolute Gasteiger partial charge is 0.412 e. The molecule has 0 rings (SSSR count). The Morgan fingerprint density at radius 2 is 1.00 bits per heavy atom. The van der Waals surface area contributed by atoms with Crippen molar-refractivity contribution in [1.82, 2.24) is 0 Å². The van der Waals surface area contributed by atoms with Gasteiger partial charge in [-0.25, -0.2) is 0 Å². The summed E-state index contributed by atoms with van der Waals surface area (Å²) in [5.41, 5.74) is -6.43. The Hall–Kier alpha value is -0.110. The molecule has 0 aromatic rings. The zero-order valence-electron chi connectivity index (χ0n) is 11.5. The minimum Gasteiger partial charge on any atom is -0.171 e. The van der Waals surface area contributed by atoms with E-state index in [1.807, 2.05) is 0 Å². The van der Waals surface area contributed by atoms with Crippen molar-refractivity contribution in [3.05, 3.63) is 0 Å². The summed E-state index contributed by atoms with van der Waals surface area (Å²) < 4.78 is 153. The van der Waals surface area contributed by atoms with E-state index in [1.54, 1.807) is 22.6 Å². The van der Waals surface area contributed by atoms with Crippen LogP contribution in [-0.4, -0.2) is 29.1 Å². The van der Waals surface area contributed by atoms with Gasteiger partial charge in [0.1, 0.15) is 0 Å². The monoisotopic (exact) mass is 498 g/mol. The normalized spacial score (nSPS) is 16.4. The quantitative estimate of drug-likeness (QED) is 0.163. The Morgan fingerprint density at radius 1 is 0.625 bits per heavy atom. The minimum atomic E-state index is -6.98. The molecule has 0 saturated heterocycles. The van der Waals surface area contributed by atoms with Crippen LogP contribution < -0.4 is 0 Å². The molecule has 0 N–H and O–H groups in total. The van der Waals surface area contributed by atoms with Crippen LogP contribution in [0.25, 0.3) is 0 Å². The van der Waals surface area contributed by atoms with Crippen LogP contribution in [0.15, 0.2) is 0 Å². The second-order valence-corrected chi connectivity index (χ2v) is 6.10. The van der Waals surface area contributed by atoms with E-state index in [0.29, 0.717) is 0 Å². The van der Waals surface area contributed by atoms with Crippen LogP contribution in [0.2, 0.25) is 0 Å². The van der Waals surface area contributed by atoms with E-state index in [4.69, 9.17) is 0 Å². The Morgan fingerprint density at radius 3 is 1.25 bits per heavy atom. The average molecular weight is 498 g/mol. The van der Waals surface area contributed by atoms with Crippen molar-refractivity contribution in [3.8, 4) is 0 Å². The summed E-state index contributed by atoms with van der Waals surface area (Å²) in [5.74, 6) is -3.38. The molecule has 1 unspecified atom stereocenters. The standard InChI is InChI=1S/C11H11F12I/c12-8(13,14)6(3-1-2-4-24)5-7(9(15,16)17,10(18,19)20)11(21,22)23/h6H,1-5H2. The number of hydrogen-bond acceptors (Lipinski definition) is 0. The molecule has 146 valence electrons. The number of unbranched alkanes of at least 4 members (excludes halogenated alkanes) is 1. The Bertz CT molecular complexity index is 352. The molecule has 0 radical (unpaired) electrons. The molecular formula is C11H11F12I. The van der Waals surface area contributed by atoms with Crippen molar-refractivity contribution in [2.45, 2.75) is 50.4 Å². The lowest BCUT2D eigenvalue weighted by atomic mass is 9.75. The van der Waals surface area contributed by atoms with E-state index in [2.05, 4.69) is 0 Å². The molecule has 0 aromatic heterocycles. The minimum absolute atomic E-state index is 0.0180. The number of alkyl halides is 13. The summed E-state index contributed by atoms with van der Waals surface area (Å²) in [6.07, 6.45) is -31.4. The first-order valence-corrected chi connectivity index (χ1v) is 7.77. The molecule has 0 aromatic carbocycles. The highest BCUT2D eigenvalue weighted by atomic mass is 127. The highest BCUT2D eigenvalue weighted by Gasteiger charge is 2.84. The van der Waals surface area contributed by atoms with Gasteiger partial charge in [0, 0.05) is 0 Å². The van der Waals surface area contributed by atoms with Crippen molar-refractivity contribution in [3.63, 3.8) is 0 Å². The maximum Gasteiger partial charge on any atom is 0.412 e. The molecule has 0 aliphatic rings. The van der Waals surface area contributed by atoms with Crippen LogP contribution in [-0.2, 0) is 0 Å². The molecule has 0 fully saturated rings. The Labute approximate surface area is 142 Å². The first kappa shape index (κ1) is 23.9. The summed E-state index contributed by atoms with van der Waals surface area (Å²) >= 11 is 1.70. The van der Waals surface area contributed by atoms with Crippen molar-refractivity contribution < 1.29 is 52.7 Å². The molecule has 0 saturated carbocycles. The number of hydrogen-bond donors (Lipinski definition) is 0. The van der Waals surface area contributed by atoms with Gasteiger partial charge in [-0.2, -0.15) is 52.7 Å². The van der Waals surface area contributed by atoms with E-state index in [0.717, 1.165) is 0 Å². The fourth-order valence-electron chi connectivity index (χ4n) is 2.07. The molecule has 13 heteroatoms. The lowest BCUT2D eigenvalue weighted by molar-refractivity contribution is -0.435. The lowest BCUT2D eigenvalue weighted by Crippen LogP contribution is -2.61. The van der Waals surface area contributed by atoms with Crippen LogP contribution in [0, 0.1) is 11.3 Å². The highest BCUT2D eigenvalue weighted by molar-refractivity contribution is 14.1. The summed E-state index contributed by atoms with van der Waals surface area (Å²) in [7, 11) is 0. The summed E-state index contributed by atoms with van der Waals surface area (Å²) in [6.45, 7) is 0. The van der Waals surface area contributed by atoms with Crippen LogP contribution in [0.4, 0.5) is 52.7 Å². The van der Waals surface area contributed by atoms with Crippen molar-refractivity contribution in [2.75, 3.05) is 4.43 Å². The number of rotatable bonds is 6. The maximum absolute atomic E-state index is 12.7. The third-order valence-electron chi connectivity index (χ3n) is 3.40. The van der Waals surface area contributed by atoms with Gasteiger partial charge in [0.25, 0.3) is 5.41 Å². The Balaban J connectivity index is 6.06. The van der Waals surface area contributed by atoms with Gasteiger partial charge in [0.05, 0.1) is 5.92 Å². The summed E-state index contributed by atoms with van der Waals surface area (Å²) in [6, 6.07) is 0. The van der Waals surface area contributed by atoms with Gasteiger partial charge < -0.3 is 0 Å². The van der Waals surface area contributed by atoms with E-state index in [9.17, 15) is 52.7 Å². The van der Waals surface area contributed by atoms with Crippen LogP contribution in [0.3, 0.4) is 0 Å². The molecule has 0 aliphatic heterocycles. The van der Waals surface area contributed by atoms with Gasteiger partial charge in [0.2, 0.25) is 0 Å². The third kappa shape index (κ3) is 5.19. The maximum atomic E-state index is 12.7. The molecule has 0 nitrogen and oxygen atoms in total. The van der Waals surface area contributed by atoms with E-state index < -0.39 is 55.3 Å². The predicted molar refractivity (Wildman–Crippen MR) is 67.5 cm³/mol. The SMILES string of the molecule is FC(F)(F)C(CCCCI)CC(C(F)(F)F)(C(F)(F)F)C(F)(F)F. The molecule has 0 heterocycles. The van der Waals surface area contributed by atoms with E-state index in [-0.39, 0.29) is 10.8 Å². The predicted octanol–water partition coefficient (Wildman–Crippen LogP) is 6.83. The molecule has 0 spiro atoms. The molecule has 1 atom stereocenters. The smallest absolute Gasteiger partial charge is 0.171 e. The van der Waals surface area contributed by atoms with Crippen LogP contribution in [0.1, 0.15) is 25.7 Å². The molecule has 24 heavy (non-hydrogen) atoms. The zero-order valence-corrected chi connectivity index (χ0v) is 13.7. The van der Waals surface area contributed by atoms with Crippen molar-refractivity contribution >= 4 is 22.6 Å². The van der Waals surface area contributed by atoms with Crippen LogP contribution in [0.5, 0.6) is 0 Å². The Kier molecular flexibility index (Phi) is 7.60. The van der Waals surface area contributed by atoms with Gasteiger partial charge in [0.15, 0.2) is 0 Å². The average Bonchev–Trinajstić information content (AvgIpc) is 2.26. The summed E-state index contributed by atoms with van der Waals surface area (Å²) in [4.78, 5) is 0. The molecule has 0 aliphatic carbocycles. The highest BCUT2D eigenvalue weighted by Crippen LogP contribution is 2.63. The van der Waals surface area contributed by atoms with Gasteiger partial charge in [-0.15, -0.1) is 0 Å². The zero-order chi connectivity index (χ0) is 19.6. The van der Waals surface area contributed by atoms with Gasteiger partial charge >= 0.3 is 24.7 Å². The van der Waals surface area contributed by atoms with Crippen molar-refractivity contribution in [2.24, 2.45) is 11.3 Å². The third-order valence-corrected chi connectivity index (χ3v) is 4.17. The number of halogens is 13. The first-order chi connectivity index (χ1) is 10.4. The topological polar surface area (TPSA) is 0 Å². The summed E-state index contributed by atoms with van der Waals surface area (Å²) in [5, 5.41) is 0. The fraction of sp³-hybridized carbons (Fsp3) is 1.00. The van der Waals surface area contributed by atoms with Gasteiger partial charge in [-0.05, 0) is 23.7 Å². The fourth-order valence-corrected chi connectivity index (χ4v) is 2.60.